The third kappa shape index (κ3) is 2.58. The van der Waals surface area contributed by atoms with Crippen molar-refractivity contribution in [3.63, 3.8) is 0 Å². The van der Waals surface area contributed by atoms with Crippen LogP contribution in [-0.2, 0) is 9.05 Å². The third-order valence-corrected chi connectivity index (χ3v) is 2.82. The van der Waals surface area contributed by atoms with Crippen molar-refractivity contribution >= 4 is 47.3 Å². The van der Waals surface area contributed by atoms with E-state index in [0.29, 0.717) is 4.47 Å². The predicted molar refractivity (Wildman–Crippen MR) is 50.0 cm³/mol. The summed E-state index contributed by atoms with van der Waals surface area (Å²) in [6.45, 7) is 0. The summed E-state index contributed by atoms with van der Waals surface area (Å²) < 4.78 is 22.0. The van der Waals surface area contributed by atoms with Gasteiger partial charge in [0.2, 0.25) is 0 Å². The van der Waals surface area contributed by atoms with Crippen molar-refractivity contribution in [2.75, 3.05) is 0 Å². The molecule has 0 atom stereocenters. The second kappa shape index (κ2) is 3.49. The molecule has 0 saturated carbocycles. The molecule has 1 aromatic rings. The zero-order valence-corrected chi connectivity index (χ0v) is 9.37. The Bertz CT molecular complexity index is 386. The lowest BCUT2D eigenvalue weighted by Crippen LogP contribution is -1.94. The molecule has 0 saturated heterocycles. The van der Waals surface area contributed by atoms with E-state index < -0.39 is 9.05 Å². The molecule has 0 N–H and O–H groups in total. The highest BCUT2D eigenvalue weighted by Crippen LogP contribution is 2.21. The molecule has 0 bridgehead atoms. The molecule has 1 rings (SSSR count). The van der Waals surface area contributed by atoms with Gasteiger partial charge in [-0.3, -0.25) is 0 Å². The molecule has 0 amide bonds. The number of hydrogen-bond donors (Lipinski definition) is 0. The van der Waals surface area contributed by atoms with Gasteiger partial charge in [-0.2, -0.15) is 0 Å². The van der Waals surface area contributed by atoms with E-state index >= 15 is 0 Å². The molecule has 0 aliphatic rings. The maximum Gasteiger partial charge on any atom is 0.278 e. The molecule has 1 heterocycles. The van der Waals surface area contributed by atoms with Gasteiger partial charge in [-0.05, 0) is 12.1 Å². The van der Waals surface area contributed by atoms with Crippen LogP contribution in [0.5, 0.6) is 0 Å². The van der Waals surface area contributed by atoms with Gasteiger partial charge in [-0.25, -0.2) is 13.4 Å². The highest BCUT2D eigenvalue weighted by atomic mass is 79.9. The summed E-state index contributed by atoms with van der Waals surface area (Å²) >= 11 is 8.55. The topological polar surface area (TPSA) is 47.0 Å². The van der Waals surface area contributed by atoms with Crippen LogP contribution in [0.4, 0.5) is 0 Å². The number of pyridine rings is 1. The Labute approximate surface area is 87.3 Å². The van der Waals surface area contributed by atoms with Crippen LogP contribution in [0.3, 0.4) is 0 Å². The van der Waals surface area contributed by atoms with E-state index in [4.69, 9.17) is 22.3 Å². The fourth-order valence-corrected chi connectivity index (χ4v) is 2.26. The van der Waals surface area contributed by atoms with Crippen LogP contribution < -0.4 is 0 Å². The lowest BCUT2D eigenvalue weighted by Gasteiger charge is -1.96. The van der Waals surface area contributed by atoms with Crippen molar-refractivity contribution < 1.29 is 8.42 Å². The summed E-state index contributed by atoms with van der Waals surface area (Å²) in [6, 6.07) is 2.74. The number of rotatable bonds is 1. The summed E-state index contributed by atoms with van der Waals surface area (Å²) in [7, 11) is 1.23. The maximum atomic E-state index is 10.8. The summed E-state index contributed by atoms with van der Waals surface area (Å²) in [5.41, 5.74) is 0. The Balaban J connectivity index is 3.37. The first kappa shape index (κ1) is 10.2. The second-order valence-corrected chi connectivity index (χ2v) is 5.70. The Morgan fingerprint density at radius 3 is 2.42 bits per heavy atom. The standard InChI is InChI=1S/C5H2BrCl2NO2S/c6-3-1-4(7)9-5(2-3)12(8,10)11/h1-2H. The minimum atomic E-state index is -3.80. The monoisotopic (exact) mass is 289 g/mol. The van der Waals surface area contributed by atoms with Gasteiger partial charge in [0.15, 0.2) is 5.03 Å². The predicted octanol–water partition coefficient (Wildman–Crippen LogP) is 2.43. The molecule has 0 aliphatic carbocycles. The molecule has 7 heteroatoms. The number of hydrogen-bond acceptors (Lipinski definition) is 3. The lowest BCUT2D eigenvalue weighted by molar-refractivity contribution is 0.606. The third-order valence-electron chi connectivity index (χ3n) is 0.985. The molecule has 12 heavy (non-hydrogen) atoms. The molecule has 0 unspecified atom stereocenters. The van der Waals surface area contributed by atoms with Crippen molar-refractivity contribution in [2.45, 2.75) is 5.03 Å². The van der Waals surface area contributed by atoms with Crippen LogP contribution in [0, 0.1) is 0 Å². The van der Waals surface area contributed by atoms with Gasteiger partial charge in [0.25, 0.3) is 9.05 Å². The SMILES string of the molecule is O=S(=O)(Cl)c1cc(Br)cc(Cl)n1. The van der Waals surface area contributed by atoms with E-state index in [9.17, 15) is 8.42 Å². The smallest absolute Gasteiger partial charge is 0.223 e. The summed E-state index contributed by atoms with van der Waals surface area (Å²) in [5, 5.41) is -0.188. The molecular formula is C5H2BrCl2NO2S. The molecule has 0 fully saturated rings. The number of halogens is 3. The molecule has 0 aromatic carbocycles. The maximum absolute atomic E-state index is 10.8. The van der Waals surface area contributed by atoms with Gasteiger partial charge in [0.1, 0.15) is 5.15 Å². The minimum Gasteiger partial charge on any atom is -0.223 e. The van der Waals surface area contributed by atoms with Crippen LogP contribution in [0.25, 0.3) is 0 Å². The molecule has 0 spiro atoms. The van der Waals surface area contributed by atoms with Crippen LogP contribution in [0.1, 0.15) is 0 Å². The van der Waals surface area contributed by atoms with Crippen molar-refractivity contribution in [2.24, 2.45) is 0 Å². The van der Waals surface area contributed by atoms with Crippen molar-refractivity contribution in [1.82, 2.24) is 4.98 Å². The fourth-order valence-electron chi connectivity index (χ4n) is 0.568. The molecule has 0 radical (unpaired) electrons. The van der Waals surface area contributed by atoms with E-state index in [1.54, 1.807) is 0 Å². The Morgan fingerprint density at radius 1 is 1.42 bits per heavy atom. The minimum absolute atomic E-state index is 0.0728. The highest BCUT2D eigenvalue weighted by molar-refractivity contribution is 9.10. The zero-order chi connectivity index (χ0) is 9.35. The Morgan fingerprint density at radius 2 is 2.00 bits per heavy atom. The fraction of sp³-hybridized carbons (Fsp3) is 0. The molecule has 3 nitrogen and oxygen atoms in total. The largest absolute Gasteiger partial charge is 0.278 e. The number of nitrogens with zero attached hydrogens (tertiary/aromatic N) is 1. The van der Waals surface area contributed by atoms with Crippen LogP contribution in [0.2, 0.25) is 5.15 Å². The van der Waals surface area contributed by atoms with Crippen LogP contribution in [-0.4, -0.2) is 13.4 Å². The van der Waals surface area contributed by atoms with Gasteiger partial charge in [-0.15, -0.1) is 0 Å². The van der Waals surface area contributed by atoms with Gasteiger partial charge >= 0.3 is 0 Å². The van der Waals surface area contributed by atoms with Crippen molar-refractivity contribution in [3.8, 4) is 0 Å². The van der Waals surface area contributed by atoms with E-state index in [1.165, 1.54) is 12.1 Å². The van der Waals surface area contributed by atoms with E-state index in [1.807, 2.05) is 0 Å². The first-order valence-electron chi connectivity index (χ1n) is 2.67. The second-order valence-electron chi connectivity index (χ2n) is 1.88. The summed E-state index contributed by atoms with van der Waals surface area (Å²) in [6.07, 6.45) is 0. The van der Waals surface area contributed by atoms with Crippen LogP contribution >= 0.6 is 38.2 Å². The quantitative estimate of drug-likeness (QED) is 0.589. The van der Waals surface area contributed by atoms with E-state index in [2.05, 4.69) is 20.9 Å². The normalized spacial score (nSPS) is 11.6. The number of aromatic nitrogens is 1. The van der Waals surface area contributed by atoms with E-state index in [0.717, 1.165) is 0 Å². The summed E-state index contributed by atoms with van der Waals surface area (Å²) in [4.78, 5) is 3.52. The molecule has 0 aliphatic heterocycles. The van der Waals surface area contributed by atoms with E-state index in [-0.39, 0.29) is 10.2 Å². The van der Waals surface area contributed by atoms with Crippen molar-refractivity contribution in [3.05, 3.63) is 21.8 Å². The average Bonchev–Trinajstić information content (AvgIpc) is 1.82. The van der Waals surface area contributed by atoms with Gasteiger partial charge in [0.05, 0.1) is 0 Å². The molecular weight excluding hydrogens is 289 g/mol. The van der Waals surface area contributed by atoms with Crippen molar-refractivity contribution in [1.29, 1.82) is 0 Å². The molecule has 1 aromatic heterocycles. The Hall–Kier alpha value is 0.160. The zero-order valence-electron chi connectivity index (χ0n) is 5.46. The lowest BCUT2D eigenvalue weighted by atomic mass is 10.5. The average molecular weight is 291 g/mol. The first-order valence-corrected chi connectivity index (χ1v) is 6.15. The van der Waals surface area contributed by atoms with Gasteiger partial charge in [-0.1, -0.05) is 27.5 Å². The first-order chi connectivity index (χ1) is 5.39. The highest BCUT2D eigenvalue weighted by Gasteiger charge is 2.12. The molecule has 66 valence electrons. The van der Waals surface area contributed by atoms with Gasteiger partial charge in [0, 0.05) is 15.2 Å². The summed E-state index contributed by atoms with van der Waals surface area (Å²) in [5.74, 6) is 0. The van der Waals surface area contributed by atoms with Crippen LogP contribution in [0.15, 0.2) is 21.6 Å². The van der Waals surface area contributed by atoms with Gasteiger partial charge < -0.3 is 0 Å². The Kier molecular flexibility index (Phi) is 2.98.